The Bertz CT molecular complexity index is 1350. The van der Waals surface area contributed by atoms with E-state index in [9.17, 15) is 0 Å². The molecule has 5 rings (SSSR count). The van der Waals surface area contributed by atoms with Crippen LogP contribution in [0.25, 0.3) is 22.3 Å². The average molecular weight is 516 g/mol. The van der Waals surface area contributed by atoms with Gasteiger partial charge >= 0.3 is 0 Å². The van der Waals surface area contributed by atoms with E-state index in [2.05, 4.69) is 45.7 Å². The van der Waals surface area contributed by atoms with Gasteiger partial charge in [-0.05, 0) is 30.9 Å². The van der Waals surface area contributed by atoms with Crippen LogP contribution in [0.1, 0.15) is 43.7 Å². The highest BCUT2D eigenvalue weighted by Gasteiger charge is 2.21. The van der Waals surface area contributed by atoms with Crippen molar-refractivity contribution in [3.63, 3.8) is 0 Å². The van der Waals surface area contributed by atoms with Crippen molar-refractivity contribution in [2.24, 2.45) is 0 Å². The molecule has 1 fully saturated rings. The van der Waals surface area contributed by atoms with E-state index in [1.807, 2.05) is 35.0 Å². The number of hydrogen-bond acceptors (Lipinski definition) is 8. The third kappa shape index (κ3) is 5.89. The van der Waals surface area contributed by atoms with E-state index in [0.29, 0.717) is 18.4 Å². The number of rotatable bonds is 11. The van der Waals surface area contributed by atoms with E-state index in [-0.39, 0.29) is 5.95 Å². The molecule has 0 radical (unpaired) electrons. The molecule has 1 saturated heterocycles. The Morgan fingerprint density at radius 1 is 1.11 bits per heavy atom. The molecule has 2 aromatic heterocycles. The predicted octanol–water partition coefficient (Wildman–Crippen LogP) is 4.61. The van der Waals surface area contributed by atoms with Crippen molar-refractivity contribution >= 4 is 22.8 Å². The minimum Gasteiger partial charge on any atom is -0.496 e. The number of unbranched alkanes of at least 4 members (excludes halogenated alkanes) is 1. The minimum atomic E-state index is 0.229. The first-order chi connectivity index (χ1) is 18.7. The number of ether oxygens (including phenoxy) is 2. The fourth-order valence-electron chi connectivity index (χ4n) is 4.87. The van der Waals surface area contributed by atoms with Crippen LogP contribution in [0.15, 0.2) is 48.5 Å². The number of benzene rings is 2. The van der Waals surface area contributed by atoms with Gasteiger partial charge in [0.1, 0.15) is 22.5 Å². The molecule has 0 saturated carbocycles. The van der Waals surface area contributed by atoms with Crippen LogP contribution < -0.4 is 21.1 Å². The number of nitrogens with one attached hydrogen (secondary N) is 2. The van der Waals surface area contributed by atoms with Gasteiger partial charge in [0.25, 0.3) is 0 Å². The van der Waals surface area contributed by atoms with Gasteiger partial charge in [0.05, 0.1) is 13.7 Å². The molecule has 9 heteroatoms. The lowest BCUT2D eigenvalue weighted by atomic mass is 10.1. The first-order valence-corrected chi connectivity index (χ1v) is 13.5. The number of nitrogens with zero attached hydrogens (tertiary/aromatic N) is 4. The second kappa shape index (κ2) is 12.2. The highest BCUT2D eigenvalue weighted by atomic mass is 16.5. The normalized spacial score (nSPS) is 14.2. The minimum absolute atomic E-state index is 0.229. The van der Waals surface area contributed by atoms with Crippen LogP contribution >= 0.6 is 0 Å². The number of fused-ring (bicyclic) bond motifs is 1. The predicted molar refractivity (Wildman–Crippen MR) is 151 cm³/mol. The molecule has 9 nitrogen and oxygen atoms in total. The summed E-state index contributed by atoms with van der Waals surface area (Å²) in [4.78, 5) is 9.18. The summed E-state index contributed by atoms with van der Waals surface area (Å²) < 4.78 is 13.3. The van der Waals surface area contributed by atoms with Gasteiger partial charge in [-0.3, -0.25) is 4.68 Å². The summed E-state index contributed by atoms with van der Waals surface area (Å²) in [5, 5.41) is 12.1. The molecule has 0 amide bonds. The molecule has 2 aromatic carbocycles. The van der Waals surface area contributed by atoms with Crippen LogP contribution in [0.5, 0.6) is 5.75 Å². The molecule has 3 heterocycles. The van der Waals surface area contributed by atoms with Gasteiger partial charge in [-0.1, -0.05) is 55.8 Å². The summed E-state index contributed by atoms with van der Waals surface area (Å²) in [6, 6.07) is 17.0. The van der Waals surface area contributed by atoms with Crippen LogP contribution in [-0.2, 0) is 17.8 Å². The van der Waals surface area contributed by atoms with Gasteiger partial charge in [0.2, 0.25) is 5.95 Å². The summed E-state index contributed by atoms with van der Waals surface area (Å²) in [5.41, 5.74) is 11.7. The zero-order valence-corrected chi connectivity index (χ0v) is 22.2. The van der Waals surface area contributed by atoms with E-state index in [1.54, 1.807) is 7.11 Å². The Labute approximate surface area is 223 Å². The van der Waals surface area contributed by atoms with Crippen molar-refractivity contribution in [2.45, 2.75) is 51.7 Å². The number of anilines is 2. The van der Waals surface area contributed by atoms with Crippen LogP contribution in [0.2, 0.25) is 0 Å². The van der Waals surface area contributed by atoms with Gasteiger partial charge in [0.15, 0.2) is 5.82 Å². The van der Waals surface area contributed by atoms with Crippen molar-refractivity contribution in [3.8, 4) is 17.0 Å². The molecule has 4 aromatic rings. The Balaban J connectivity index is 1.48. The summed E-state index contributed by atoms with van der Waals surface area (Å²) in [6.07, 6.45) is 4.21. The van der Waals surface area contributed by atoms with Crippen LogP contribution in [0.4, 0.5) is 11.8 Å². The zero-order chi connectivity index (χ0) is 26.3. The summed E-state index contributed by atoms with van der Waals surface area (Å²) in [7, 11) is 1.71. The lowest BCUT2D eigenvalue weighted by molar-refractivity contribution is 0.0776. The standard InChI is InChI=1S/C29H37N7O2/c1-3-4-14-31-28-27-26(33-29(30)34-28)25(21-8-6-5-7-9-21)35-36(27)19-22-11-10-20(17-24(22)37-2)18-32-23-12-15-38-16-13-23/h5-11,17,23,32H,3-4,12-16,18-19H2,1-2H3,(H3,30,31,33,34). The fourth-order valence-corrected chi connectivity index (χ4v) is 4.87. The third-order valence-electron chi connectivity index (χ3n) is 6.96. The maximum atomic E-state index is 6.15. The third-order valence-corrected chi connectivity index (χ3v) is 6.96. The largest absolute Gasteiger partial charge is 0.496 e. The number of hydrogen-bond donors (Lipinski definition) is 3. The van der Waals surface area contributed by atoms with Crippen LogP contribution in [0.3, 0.4) is 0 Å². The van der Waals surface area contributed by atoms with Gasteiger partial charge in [0, 0.05) is 43.5 Å². The zero-order valence-electron chi connectivity index (χ0n) is 22.2. The number of methoxy groups -OCH3 is 1. The van der Waals surface area contributed by atoms with Crippen molar-refractivity contribution in [1.29, 1.82) is 0 Å². The second-order valence-corrected chi connectivity index (χ2v) is 9.69. The second-order valence-electron chi connectivity index (χ2n) is 9.69. The van der Waals surface area contributed by atoms with Crippen molar-refractivity contribution < 1.29 is 9.47 Å². The molecule has 0 spiro atoms. The number of nitrogen functional groups attached to an aromatic ring is 1. The average Bonchev–Trinajstić information content (AvgIpc) is 3.31. The lowest BCUT2D eigenvalue weighted by Gasteiger charge is -2.23. The molecule has 1 aliphatic heterocycles. The first-order valence-electron chi connectivity index (χ1n) is 13.5. The molecule has 0 atom stereocenters. The summed E-state index contributed by atoms with van der Waals surface area (Å²) >= 11 is 0. The number of aromatic nitrogens is 4. The Kier molecular flexibility index (Phi) is 8.35. The summed E-state index contributed by atoms with van der Waals surface area (Å²) in [5.74, 6) is 1.76. The van der Waals surface area contributed by atoms with E-state index in [4.69, 9.17) is 20.3 Å². The monoisotopic (exact) mass is 515 g/mol. The van der Waals surface area contributed by atoms with E-state index >= 15 is 0 Å². The maximum absolute atomic E-state index is 6.15. The molecular weight excluding hydrogens is 478 g/mol. The lowest BCUT2D eigenvalue weighted by Crippen LogP contribution is -2.34. The van der Waals surface area contributed by atoms with E-state index in [0.717, 1.165) is 85.6 Å². The summed E-state index contributed by atoms with van der Waals surface area (Å²) in [6.45, 7) is 5.92. The molecular formula is C29H37N7O2. The van der Waals surface area contributed by atoms with Crippen LogP contribution in [-0.4, -0.2) is 52.7 Å². The fraction of sp³-hybridized carbons (Fsp3) is 0.414. The van der Waals surface area contributed by atoms with Gasteiger partial charge < -0.3 is 25.8 Å². The molecule has 0 unspecified atom stereocenters. The van der Waals surface area contributed by atoms with Crippen molar-refractivity contribution in [3.05, 3.63) is 59.7 Å². The van der Waals surface area contributed by atoms with Crippen molar-refractivity contribution in [2.75, 3.05) is 37.9 Å². The Hall–Kier alpha value is -3.69. The van der Waals surface area contributed by atoms with Gasteiger partial charge in [-0.15, -0.1) is 0 Å². The van der Waals surface area contributed by atoms with Gasteiger partial charge in [-0.2, -0.15) is 10.1 Å². The quantitative estimate of drug-likeness (QED) is 0.248. The molecule has 200 valence electrons. The Morgan fingerprint density at radius 2 is 1.92 bits per heavy atom. The highest BCUT2D eigenvalue weighted by molar-refractivity contribution is 5.96. The molecule has 1 aliphatic rings. The molecule has 38 heavy (non-hydrogen) atoms. The highest BCUT2D eigenvalue weighted by Crippen LogP contribution is 2.32. The van der Waals surface area contributed by atoms with E-state index in [1.165, 1.54) is 5.56 Å². The Morgan fingerprint density at radius 3 is 2.68 bits per heavy atom. The molecule has 4 N–H and O–H groups in total. The topological polar surface area (TPSA) is 112 Å². The molecule has 0 bridgehead atoms. The SMILES string of the molecule is CCCCNc1nc(N)nc2c(-c3ccccc3)nn(Cc3ccc(CNC4CCOCC4)cc3OC)c12. The smallest absolute Gasteiger partial charge is 0.222 e. The number of nitrogens with two attached hydrogens (primary N) is 1. The van der Waals surface area contributed by atoms with Gasteiger partial charge in [-0.25, -0.2) is 4.98 Å². The maximum Gasteiger partial charge on any atom is 0.222 e. The van der Waals surface area contributed by atoms with Crippen molar-refractivity contribution in [1.82, 2.24) is 25.1 Å². The van der Waals surface area contributed by atoms with E-state index < -0.39 is 0 Å². The van der Waals surface area contributed by atoms with Crippen LogP contribution in [0, 0.1) is 0 Å². The first kappa shape index (κ1) is 25.9. The molecule has 0 aliphatic carbocycles.